The molecule has 1 N–H and O–H groups in total. The lowest BCUT2D eigenvalue weighted by molar-refractivity contribution is -0.107. The van der Waals surface area contributed by atoms with Crippen molar-refractivity contribution in [3.63, 3.8) is 0 Å². The smallest absolute Gasteiger partial charge is 0.203 e. The van der Waals surface area contributed by atoms with Crippen LogP contribution in [0.5, 0.6) is 28.7 Å². The molecule has 1 heterocycles. The van der Waals surface area contributed by atoms with E-state index in [1.54, 1.807) is 24.3 Å². The molecular weight excluding hydrogens is 380 g/mol. The van der Waals surface area contributed by atoms with Gasteiger partial charge in [0, 0.05) is 19.8 Å². The number of benzene rings is 2. The predicted octanol–water partition coefficient (Wildman–Crippen LogP) is 2.86. The SMILES string of the molecule is COc1cc(C(O)c2cc3c(cc2C(OC)OC)OCCO3)cc(OC)c1OC. The summed E-state index contributed by atoms with van der Waals surface area (Å²) in [5, 5.41) is 11.3. The maximum atomic E-state index is 11.3. The Labute approximate surface area is 169 Å². The Balaban J connectivity index is 2.14. The fourth-order valence-corrected chi connectivity index (χ4v) is 3.35. The number of hydrogen-bond acceptors (Lipinski definition) is 8. The summed E-state index contributed by atoms with van der Waals surface area (Å²) in [6.07, 6.45) is -1.74. The van der Waals surface area contributed by atoms with Crippen LogP contribution in [0.2, 0.25) is 0 Å². The Kier molecular flexibility index (Phi) is 6.68. The minimum absolute atomic E-state index is 0.435. The highest BCUT2D eigenvalue weighted by molar-refractivity contribution is 5.57. The number of fused-ring (bicyclic) bond motifs is 1. The zero-order chi connectivity index (χ0) is 21.0. The highest BCUT2D eigenvalue weighted by Gasteiger charge is 2.27. The van der Waals surface area contributed by atoms with Gasteiger partial charge in [-0.3, -0.25) is 0 Å². The van der Waals surface area contributed by atoms with E-state index in [1.165, 1.54) is 35.5 Å². The van der Waals surface area contributed by atoms with E-state index in [-0.39, 0.29) is 0 Å². The molecule has 2 aromatic carbocycles. The number of aliphatic hydroxyl groups is 1. The number of hydrogen-bond donors (Lipinski definition) is 1. The van der Waals surface area contributed by atoms with Crippen LogP contribution >= 0.6 is 0 Å². The summed E-state index contributed by atoms with van der Waals surface area (Å²) in [6, 6.07) is 6.90. The average molecular weight is 406 g/mol. The number of rotatable bonds is 8. The number of aliphatic hydroxyl groups excluding tert-OH is 1. The van der Waals surface area contributed by atoms with Crippen molar-refractivity contribution in [2.75, 3.05) is 48.8 Å². The first kappa shape index (κ1) is 21.0. The molecule has 0 saturated heterocycles. The van der Waals surface area contributed by atoms with Gasteiger partial charge in [-0.1, -0.05) is 0 Å². The van der Waals surface area contributed by atoms with Crippen molar-refractivity contribution in [3.8, 4) is 28.7 Å². The lowest BCUT2D eigenvalue weighted by atomic mass is 9.95. The van der Waals surface area contributed by atoms with Crippen molar-refractivity contribution in [2.24, 2.45) is 0 Å². The summed E-state index contributed by atoms with van der Waals surface area (Å²) in [5.41, 5.74) is 1.72. The maximum Gasteiger partial charge on any atom is 0.203 e. The molecule has 0 spiro atoms. The normalized spacial score (nSPS) is 13.9. The Bertz CT molecular complexity index is 822. The summed E-state index contributed by atoms with van der Waals surface area (Å²) in [4.78, 5) is 0. The van der Waals surface area contributed by atoms with Crippen molar-refractivity contribution in [1.82, 2.24) is 0 Å². The molecule has 0 radical (unpaired) electrons. The highest BCUT2D eigenvalue weighted by Crippen LogP contribution is 2.44. The fourth-order valence-electron chi connectivity index (χ4n) is 3.35. The molecule has 8 heteroatoms. The van der Waals surface area contributed by atoms with Crippen LogP contribution < -0.4 is 23.7 Å². The molecule has 1 aliphatic heterocycles. The molecule has 29 heavy (non-hydrogen) atoms. The van der Waals surface area contributed by atoms with Crippen LogP contribution in [0, 0.1) is 0 Å². The van der Waals surface area contributed by atoms with Gasteiger partial charge < -0.3 is 38.3 Å². The zero-order valence-electron chi connectivity index (χ0n) is 17.2. The van der Waals surface area contributed by atoms with Crippen LogP contribution in [-0.4, -0.2) is 53.9 Å². The van der Waals surface area contributed by atoms with Gasteiger partial charge in [0.1, 0.15) is 19.3 Å². The van der Waals surface area contributed by atoms with E-state index in [0.29, 0.717) is 58.7 Å². The van der Waals surface area contributed by atoms with E-state index in [4.69, 9.17) is 33.2 Å². The van der Waals surface area contributed by atoms with Crippen LogP contribution in [0.3, 0.4) is 0 Å². The molecule has 8 nitrogen and oxygen atoms in total. The minimum atomic E-state index is -1.04. The van der Waals surface area contributed by atoms with Crippen molar-refractivity contribution in [3.05, 3.63) is 41.0 Å². The summed E-state index contributed by atoms with van der Waals surface area (Å²) in [6.45, 7) is 0.885. The molecule has 0 aliphatic carbocycles. The molecule has 0 amide bonds. The minimum Gasteiger partial charge on any atom is -0.493 e. The summed E-state index contributed by atoms with van der Waals surface area (Å²) in [5.74, 6) is 2.45. The third-order valence-corrected chi connectivity index (χ3v) is 4.73. The van der Waals surface area contributed by atoms with Gasteiger partial charge in [-0.25, -0.2) is 0 Å². The third-order valence-electron chi connectivity index (χ3n) is 4.73. The summed E-state index contributed by atoms with van der Waals surface area (Å²) < 4.78 is 38.4. The largest absolute Gasteiger partial charge is 0.493 e. The van der Waals surface area contributed by atoms with E-state index in [2.05, 4.69) is 0 Å². The highest BCUT2D eigenvalue weighted by atomic mass is 16.7. The first-order valence-electron chi connectivity index (χ1n) is 9.04. The predicted molar refractivity (Wildman–Crippen MR) is 104 cm³/mol. The lowest BCUT2D eigenvalue weighted by Crippen LogP contribution is -2.18. The zero-order valence-corrected chi connectivity index (χ0v) is 17.2. The Morgan fingerprint density at radius 1 is 0.759 bits per heavy atom. The first-order valence-corrected chi connectivity index (χ1v) is 9.04. The summed E-state index contributed by atoms with van der Waals surface area (Å²) >= 11 is 0. The van der Waals surface area contributed by atoms with Crippen LogP contribution in [0.25, 0.3) is 0 Å². The van der Waals surface area contributed by atoms with Crippen LogP contribution in [-0.2, 0) is 9.47 Å². The van der Waals surface area contributed by atoms with Crippen molar-refractivity contribution < 1.29 is 38.3 Å². The van der Waals surface area contributed by atoms with Crippen molar-refractivity contribution in [2.45, 2.75) is 12.4 Å². The van der Waals surface area contributed by atoms with Gasteiger partial charge in [0.05, 0.1) is 21.3 Å². The maximum absolute atomic E-state index is 11.3. The lowest BCUT2D eigenvalue weighted by Gasteiger charge is -2.26. The Morgan fingerprint density at radius 3 is 1.72 bits per heavy atom. The second-order valence-corrected chi connectivity index (χ2v) is 6.29. The van der Waals surface area contributed by atoms with E-state index in [9.17, 15) is 5.11 Å². The molecule has 1 aliphatic rings. The number of methoxy groups -OCH3 is 5. The Morgan fingerprint density at radius 2 is 1.28 bits per heavy atom. The van der Waals surface area contributed by atoms with E-state index in [0.717, 1.165) is 0 Å². The standard InChI is InChI=1S/C21H26O8/c1-23-17-8-12(9-18(24-2)20(17)25-3)19(22)13-10-15-16(29-7-6-28-15)11-14(13)21(26-4)27-5/h8-11,19,21-22H,6-7H2,1-5H3. The molecule has 158 valence electrons. The average Bonchev–Trinajstić information content (AvgIpc) is 2.77. The van der Waals surface area contributed by atoms with E-state index >= 15 is 0 Å². The van der Waals surface area contributed by atoms with E-state index in [1.807, 2.05) is 0 Å². The first-order chi connectivity index (χ1) is 14.1. The molecule has 3 rings (SSSR count). The molecule has 0 saturated carbocycles. The van der Waals surface area contributed by atoms with E-state index < -0.39 is 12.4 Å². The van der Waals surface area contributed by atoms with Crippen LogP contribution in [0.15, 0.2) is 24.3 Å². The van der Waals surface area contributed by atoms with Gasteiger partial charge >= 0.3 is 0 Å². The van der Waals surface area contributed by atoms with Crippen LogP contribution in [0.4, 0.5) is 0 Å². The van der Waals surface area contributed by atoms with Gasteiger partial charge in [-0.05, 0) is 35.4 Å². The topological polar surface area (TPSA) is 84.8 Å². The van der Waals surface area contributed by atoms with Gasteiger partial charge in [-0.2, -0.15) is 0 Å². The monoisotopic (exact) mass is 406 g/mol. The molecule has 0 fully saturated rings. The van der Waals surface area contributed by atoms with Crippen molar-refractivity contribution >= 4 is 0 Å². The fraction of sp³-hybridized carbons (Fsp3) is 0.429. The quantitative estimate of drug-likeness (QED) is 0.670. The van der Waals surface area contributed by atoms with Crippen LogP contribution in [0.1, 0.15) is 29.1 Å². The molecule has 1 unspecified atom stereocenters. The van der Waals surface area contributed by atoms with Gasteiger partial charge in [0.25, 0.3) is 0 Å². The molecule has 2 aromatic rings. The van der Waals surface area contributed by atoms with Gasteiger partial charge in [-0.15, -0.1) is 0 Å². The third kappa shape index (κ3) is 4.05. The second kappa shape index (κ2) is 9.21. The molecule has 1 atom stereocenters. The molecule has 0 aromatic heterocycles. The number of ether oxygens (including phenoxy) is 7. The summed E-state index contributed by atoms with van der Waals surface area (Å²) in [7, 11) is 7.63. The van der Waals surface area contributed by atoms with Gasteiger partial charge in [0.2, 0.25) is 5.75 Å². The second-order valence-electron chi connectivity index (χ2n) is 6.29. The molecule has 0 bridgehead atoms. The molecular formula is C21H26O8. The Hall–Kier alpha value is -2.68. The van der Waals surface area contributed by atoms with Crippen molar-refractivity contribution in [1.29, 1.82) is 0 Å². The van der Waals surface area contributed by atoms with Gasteiger partial charge in [0.15, 0.2) is 29.3 Å².